The molecule has 0 radical (unpaired) electrons. The number of hydrogen-bond acceptors (Lipinski definition) is 7. The maximum absolute atomic E-state index is 12.7. The van der Waals surface area contributed by atoms with Crippen LogP contribution in [0.5, 0.6) is 5.75 Å². The Morgan fingerprint density at radius 2 is 2.06 bits per heavy atom. The molecule has 0 unspecified atom stereocenters. The molecule has 0 bridgehead atoms. The first-order valence-corrected chi connectivity index (χ1v) is 11.4. The smallest absolute Gasteiger partial charge is 0.253 e. The lowest BCUT2D eigenvalue weighted by molar-refractivity contribution is 0.0915. The van der Waals surface area contributed by atoms with Gasteiger partial charge in [0.15, 0.2) is 0 Å². The highest BCUT2D eigenvalue weighted by Gasteiger charge is 2.23. The van der Waals surface area contributed by atoms with Crippen molar-refractivity contribution in [2.75, 3.05) is 43.0 Å². The Morgan fingerprint density at radius 3 is 2.85 bits per heavy atom. The van der Waals surface area contributed by atoms with E-state index in [1.165, 1.54) is 5.69 Å². The summed E-state index contributed by atoms with van der Waals surface area (Å²) in [5, 5.41) is 9.69. The second-order valence-electron chi connectivity index (χ2n) is 8.36. The van der Waals surface area contributed by atoms with Crippen molar-refractivity contribution < 1.29 is 9.53 Å². The highest BCUT2D eigenvalue weighted by atomic mass is 16.5. The van der Waals surface area contributed by atoms with Crippen LogP contribution in [0.1, 0.15) is 21.5 Å². The Morgan fingerprint density at radius 1 is 1.15 bits per heavy atom. The van der Waals surface area contributed by atoms with Gasteiger partial charge in [-0.2, -0.15) is 0 Å². The molecule has 33 heavy (non-hydrogen) atoms. The number of hydrogen-bond donors (Lipinski definition) is 3. The van der Waals surface area contributed by atoms with E-state index < -0.39 is 0 Å². The normalized spacial score (nSPS) is 17.6. The highest BCUT2D eigenvalue weighted by Crippen LogP contribution is 2.30. The number of amides is 1. The van der Waals surface area contributed by atoms with E-state index in [1.54, 1.807) is 18.5 Å². The van der Waals surface area contributed by atoms with E-state index in [-0.39, 0.29) is 11.9 Å². The van der Waals surface area contributed by atoms with Gasteiger partial charge < -0.3 is 25.6 Å². The average molecular weight is 445 g/mol. The van der Waals surface area contributed by atoms with Crippen molar-refractivity contribution >= 4 is 17.4 Å². The number of carbonyl (C=O) groups is 1. The standard InChI is InChI=1S/C25H28N6O2/c32-25(20-4-6-24(29-16-20)28-15-18-2-1-7-27-14-18)30-21-12-19-3-5-22(13-23(19)33-17-21)31-10-8-26-9-11-31/h1-7,13-14,16,21,26H,8-12,15,17H2,(H,28,29)(H,30,32)/t21-/m1/s1. The van der Waals surface area contributed by atoms with E-state index in [0.717, 1.165) is 49.5 Å². The third-order valence-corrected chi connectivity index (χ3v) is 6.00. The first-order valence-electron chi connectivity index (χ1n) is 11.4. The molecule has 3 N–H and O–H groups in total. The molecular formula is C25H28N6O2. The first-order chi connectivity index (χ1) is 16.2. The van der Waals surface area contributed by atoms with Crippen LogP contribution in [0, 0.1) is 0 Å². The van der Waals surface area contributed by atoms with Gasteiger partial charge in [0.1, 0.15) is 18.2 Å². The number of anilines is 2. The van der Waals surface area contributed by atoms with Crippen molar-refractivity contribution in [1.29, 1.82) is 0 Å². The molecule has 0 saturated carbocycles. The Balaban J connectivity index is 1.15. The van der Waals surface area contributed by atoms with Crippen LogP contribution in [0.25, 0.3) is 0 Å². The van der Waals surface area contributed by atoms with Crippen LogP contribution in [0.15, 0.2) is 61.1 Å². The van der Waals surface area contributed by atoms with Crippen LogP contribution in [-0.2, 0) is 13.0 Å². The maximum Gasteiger partial charge on any atom is 0.253 e. The second kappa shape index (κ2) is 9.87. The van der Waals surface area contributed by atoms with E-state index in [2.05, 4.69) is 49.0 Å². The molecule has 3 aromatic rings. The zero-order valence-electron chi connectivity index (χ0n) is 18.5. The highest BCUT2D eigenvalue weighted by molar-refractivity contribution is 5.94. The Hall–Kier alpha value is -3.65. The van der Waals surface area contributed by atoms with Crippen LogP contribution in [0.4, 0.5) is 11.5 Å². The molecule has 5 rings (SSSR count). The molecule has 1 amide bonds. The lowest BCUT2D eigenvalue weighted by Gasteiger charge is -2.31. The van der Waals surface area contributed by atoms with Gasteiger partial charge >= 0.3 is 0 Å². The molecule has 8 nitrogen and oxygen atoms in total. The summed E-state index contributed by atoms with van der Waals surface area (Å²) in [5.74, 6) is 1.49. The monoisotopic (exact) mass is 444 g/mol. The van der Waals surface area contributed by atoms with Crippen LogP contribution in [0.3, 0.4) is 0 Å². The van der Waals surface area contributed by atoms with E-state index in [4.69, 9.17) is 4.74 Å². The van der Waals surface area contributed by atoms with E-state index >= 15 is 0 Å². The number of rotatable bonds is 6. The molecule has 4 heterocycles. The number of fused-ring (bicyclic) bond motifs is 1. The summed E-state index contributed by atoms with van der Waals surface area (Å²) < 4.78 is 6.01. The van der Waals surface area contributed by atoms with Gasteiger partial charge in [0, 0.05) is 63.1 Å². The summed E-state index contributed by atoms with van der Waals surface area (Å²) in [7, 11) is 0. The second-order valence-corrected chi connectivity index (χ2v) is 8.36. The van der Waals surface area contributed by atoms with Crippen LogP contribution >= 0.6 is 0 Å². The van der Waals surface area contributed by atoms with Gasteiger partial charge in [-0.05, 0) is 41.8 Å². The molecule has 1 fully saturated rings. The van der Waals surface area contributed by atoms with Gasteiger partial charge in [-0.1, -0.05) is 12.1 Å². The fourth-order valence-electron chi connectivity index (χ4n) is 4.17. The summed E-state index contributed by atoms with van der Waals surface area (Å²) >= 11 is 0. The van der Waals surface area contributed by atoms with Crippen molar-refractivity contribution in [2.24, 2.45) is 0 Å². The van der Waals surface area contributed by atoms with Gasteiger partial charge in [0.05, 0.1) is 11.6 Å². The van der Waals surface area contributed by atoms with E-state index in [0.29, 0.717) is 24.5 Å². The van der Waals surface area contributed by atoms with Gasteiger partial charge in [-0.3, -0.25) is 9.78 Å². The van der Waals surface area contributed by atoms with Crippen molar-refractivity contribution in [3.05, 3.63) is 77.7 Å². The fourth-order valence-corrected chi connectivity index (χ4v) is 4.17. The summed E-state index contributed by atoms with van der Waals surface area (Å²) in [4.78, 5) is 23.6. The lowest BCUT2D eigenvalue weighted by atomic mass is 10.0. The first kappa shape index (κ1) is 21.2. The molecule has 8 heteroatoms. The van der Waals surface area contributed by atoms with Crippen molar-refractivity contribution in [3.63, 3.8) is 0 Å². The fraction of sp³-hybridized carbons (Fsp3) is 0.320. The van der Waals surface area contributed by atoms with Crippen LogP contribution < -0.4 is 25.6 Å². The Kier molecular flexibility index (Phi) is 6.34. The summed E-state index contributed by atoms with van der Waals surface area (Å²) in [6.07, 6.45) is 5.90. The van der Waals surface area contributed by atoms with E-state index in [1.807, 2.05) is 24.4 Å². The van der Waals surface area contributed by atoms with E-state index in [9.17, 15) is 4.79 Å². The van der Waals surface area contributed by atoms with Gasteiger partial charge in [0.25, 0.3) is 5.91 Å². The van der Waals surface area contributed by atoms with Crippen molar-refractivity contribution in [3.8, 4) is 5.75 Å². The number of pyridine rings is 2. The number of carbonyl (C=O) groups excluding carboxylic acids is 1. The molecule has 0 spiro atoms. The summed E-state index contributed by atoms with van der Waals surface area (Å²) in [6, 6.07) is 13.8. The topological polar surface area (TPSA) is 91.4 Å². The predicted octanol–water partition coefficient (Wildman–Crippen LogP) is 2.23. The van der Waals surface area contributed by atoms with Gasteiger partial charge in [0.2, 0.25) is 0 Å². The molecule has 1 atom stereocenters. The van der Waals surface area contributed by atoms with Crippen LogP contribution in [0.2, 0.25) is 0 Å². The molecule has 1 saturated heterocycles. The Labute approximate surface area is 193 Å². The summed E-state index contributed by atoms with van der Waals surface area (Å²) in [6.45, 7) is 5.10. The molecule has 0 aliphatic carbocycles. The van der Waals surface area contributed by atoms with Crippen molar-refractivity contribution in [1.82, 2.24) is 20.6 Å². The number of benzene rings is 1. The van der Waals surface area contributed by atoms with Crippen LogP contribution in [-0.4, -0.2) is 54.7 Å². The molecule has 2 aliphatic heterocycles. The largest absolute Gasteiger partial charge is 0.491 e. The Bertz CT molecular complexity index is 1080. The minimum Gasteiger partial charge on any atom is -0.491 e. The number of ether oxygens (including phenoxy) is 1. The molecule has 2 aliphatic rings. The minimum atomic E-state index is -0.143. The number of aromatic nitrogens is 2. The SMILES string of the molecule is O=C(N[C@H]1COc2cc(N3CCNCC3)ccc2C1)c1ccc(NCc2cccnc2)nc1. The van der Waals surface area contributed by atoms with Crippen molar-refractivity contribution in [2.45, 2.75) is 19.0 Å². The third-order valence-electron chi connectivity index (χ3n) is 6.00. The minimum absolute atomic E-state index is 0.0709. The maximum atomic E-state index is 12.7. The zero-order valence-corrected chi connectivity index (χ0v) is 18.5. The van der Waals surface area contributed by atoms with Gasteiger partial charge in [-0.25, -0.2) is 4.98 Å². The average Bonchev–Trinajstić information content (AvgIpc) is 2.88. The number of nitrogens with one attached hydrogen (secondary N) is 3. The number of piperazine rings is 1. The zero-order chi connectivity index (χ0) is 22.5. The molecule has 170 valence electrons. The molecule has 2 aromatic heterocycles. The summed E-state index contributed by atoms with van der Waals surface area (Å²) in [5.41, 5.74) is 3.92. The molecule has 1 aromatic carbocycles. The predicted molar refractivity (Wildman–Crippen MR) is 128 cm³/mol. The molecular weight excluding hydrogens is 416 g/mol. The number of nitrogens with zero attached hydrogens (tertiary/aromatic N) is 3. The van der Waals surface area contributed by atoms with Gasteiger partial charge in [-0.15, -0.1) is 0 Å². The quantitative estimate of drug-likeness (QED) is 0.537. The lowest BCUT2D eigenvalue weighted by Crippen LogP contribution is -2.44. The third kappa shape index (κ3) is 5.23.